The zero-order valence-corrected chi connectivity index (χ0v) is 16.6. The van der Waals surface area contributed by atoms with Gasteiger partial charge in [-0.25, -0.2) is 9.59 Å². The van der Waals surface area contributed by atoms with Crippen molar-refractivity contribution in [3.8, 4) is 23.0 Å². The van der Waals surface area contributed by atoms with Crippen molar-refractivity contribution < 1.29 is 29.3 Å². The summed E-state index contributed by atoms with van der Waals surface area (Å²) in [5.74, 6) is 1.64. The van der Waals surface area contributed by atoms with E-state index >= 15 is 0 Å². The van der Waals surface area contributed by atoms with E-state index in [1.54, 1.807) is 24.3 Å². The normalized spacial score (nSPS) is 18.5. The van der Waals surface area contributed by atoms with Gasteiger partial charge in [-0.05, 0) is 91.8 Å². The second kappa shape index (κ2) is 7.47. The lowest BCUT2D eigenvalue weighted by Crippen LogP contribution is -2.03. The maximum absolute atomic E-state index is 11.1. The molecule has 2 aliphatic carbocycles. The van der Waals surface area contributed by atoms with Crippen LogP contribution < -0.4 is 9.47 Å². The van der Waals surface area contributed by atoms with Crippen LogP contribution in [0.25, 0.3) is 0 Å². The van der Waals surface area contributed by atoms with Gasteiger partial charge in [0.2, 0.25) is 0 Å². The lowest BCUT2D eigenvalue weighted by atomic mass is 9.90. The minimum Gasteiger partial charge on any atom is -0.478 e. The van der Waals surface area contributed by atoms with E-state index in [-0.39, 0.29) is 11.1 Å². The molecular weight excluding hydrogens is 396 g/mol. The molecule has 2 atom stereocenters. The second-order valence-electron chi connectivity index (χ2n) is 7.96. The maximum atomic E-state index is 11.1. The number of fused-ring (bicyclic) bond motifs is 5. The third kappa shape index (κ3) is 3.50. The van der Waals surface area contributed by atoms with Crippen molar-refractivity contribution in [2.24, 2.45) is 0 Å². The number of carboxylic acids is 2. The smallest absolute Gasteiger partial charge is 0.335 e. The molecule has 0 spiro atoms. The predicted octanol–water partition coefficient (Wildman–Crippen LogP) is 6.03. The van der Waals surface area contributed by atoms with Gasteiger partial charge in [-0.3, -0.25) is 0 Å². The van der Waals surface area contributed by atoms with E-state index in [9.17, 15) is 9.59 Å². The summed E-state index contributed by atoms with van der Waals surface area (Å²) in [5.41, 5.74) is 2.76. The molecule has 2 aliphatic rings. The molecule has 0 saturated heterocycles. The summed E-state index contributed by atoms with van der Waals surface area (Å²) >= 11 is 0. The third-order valence-electron chi connectivity index (χ3n) is 6.11. The SMILES string of the molecule is O=C(O)c1ccc(Oc2ccc(Oc3ccc(C(=O)O)cc3)c3c2C2CCC3C2)cc1. The molecule has 5 rings (SSSR count). The molecule has 0 aliphatic heterocycles. The first-order valence-electron chi connectivity index (χ1n) is 10.2. The van der Waals surface area contributed by atoms with Crippen molar-refractivity contribution in [1.29, 1.82) is 0 Å². The van der Waals surface area contributed by atoms with E-state index in [4.69, 9.17) is 19.7 Å². The Kier molecular flexibility index (Phi) is 4.62. The zero-order chi connectivity index (χ0) is 21.5. The Morgan fingerprint density at radius 1 is 0.645 bits per heavy atom. The van der Waals surface area contributed by atoms with E-state index in [1.807, 2.05) is 12.1 Å². The molecule has 0 amide bonds. The number of aromatic carboxylic acids is 2. The standard InChI is InChI=1S/C25H20O6/c26-24(27)14-3-7-18(8-4-14)30-20-11-12-21(23-17-2-1-16(13-17)22(20)23)31-19-9-5-15(6-10-19)25(28)29/h3-12,16-17H,1-2,13H2,(H,26,27)(H,28,29). The van der Waals surface area contributed by atoms with Crippen molar-refractivity contribution in [1.82, 2.24) is 0 Å². The van der Waals surface area contributed by atoms with Crippen LogP contribution in [0.15, 0.2) is 60.7 Å². The molecule has 0 radical (unpaired) electrons. The molecule has 2 N–H and O–H groups in total. The van der Waals surface area contributed by atoms with E-state index in [1.165, 1.54) is 35.4 Å². The van der Waals surface area contributed by atoms with Gasteiger partial charge in [0.05, 0.1) is 11.1 Å². The van der Waals surface area contributed by atoms with Gasteiger partial charge < -0.3 is 19.7 Å². The van der Waals surface area contributed by atoms with Crippen LogP contribution in [-0.4, -0.2) is 22.2 Å². The number of ether oxygens (including phenoxy) is 2. The Balaban J connectivity index is 1.45. The summed E-state index contributed by atoms with van der Waals surface area (Å²) < 4.78 is 12.3. The van der Waals surface area contributed by atoms with Crippen LogP contribution in [0.4, 0.5) is 0 Å². The molecule has 1 fully saturated rings. The van der Waals surface area contributed by atoms with Crippen molar-refractivity contribution >= 4 is 11.9 Å². The van der Waals surface area contributed by atoms with Crippen molar-refractivity contribution in [2.45, 2.75) is 31.1 Å². The van der Waals surface area contributed by atoms with Gasteiger partial charge in [0.1, 0.15) is 23.0 Å². The fourth-order valence-electron chi connectivity index (χ4n) is 4.71. The van der Waals surface area contributed by atoms with Crippen LogP contribution in [-0.2, 0) is 0 Å². The molecule has 6 heteroatoms. The summed E-state index contributed by atoms with van der Waals surface area (Å²) in [7, 11) is 0. The number of hydrogen-bond donors (Lipinski definition) is 2. The third-order valence-corrected chi connectivity index (χ3v) is 6.11. The number of carboxylic acid groups (broad SMARTS) is 2. The highest BCUT2D eigenvalue weighted by atomic mass is 16.5. The average molecular weight is 416 g/mol. The summed E-state index contributed by atoms with van der Waals surface area (Å²) in [6, 6.07) is 16.6. The molecule has 31 heavy (non-hydrogen) atoms. The van der Waals surface area contributed by atoms with Crippen LogP contribution in [0.2, 0.25) is 0 Å². The first-order chi connectivity index (χ1) is 15.0. The van der Waals surface area contributed by atoms with Crippen LogP contribution in [0.5, 0.6) is 23.0 Å². The number of carbonyl (C=O) groups is 2. The fourth-order valence-corrected chi connectivity index (χ4v) is 4.71. The number of rotatable bonds is 6. The highest BCUT2D eigenvalue weighted by molar-refractivity contribution is 5.88. The summed E-state index contributed by atoms with van der Waals surface area (Å²) in [6.45, 7) is 0. The number of benzene rings is 3. The molecule has 156 valence electrons. The predicted molar refractivity (Wildman–Crippen MR) is 113 cm³/mol. The van der Waals surface area contributed by atoms with Crippen LogP contribution in [0.1, 0.15) is 62.9 Å². The van der Waals surface area contributed by atoms with Gasteiger partial charge in [-0.15, -0.1) is 0 Å². The van der Waals surface area contributed by atoms with E-state index < -0.39 is 11.9 Å². The summed E-state index contributed by atoms with van der Waals surface area (Å²) in [4.78, 5) is 22.1. The molecule has 1 saturated carbocycles. The molecule has 0 aromatic heterocycles. The Morgan fingerprint density at radius 2 is 1.03 bits per heavy atom. The minimum atomic E-state index is -0.970. The maximum Gasteiger partial charge on any atom is 0.335 e. The lowest BCUT2D eigenvalue weighted by Gasteiger charge is -2.22. The molecule has 0 heterocycles. The van der Waals surface area contributed by atoms with Gasteiger partial charge in [0, 0.05) is 11.1 Å². The van der Waals surface area contributed by atoms with Crippen LogP contribution in [0.3, 0.4) is 0 Å². The fraction of sp³-hybridized carbons (Fsp3) is 0.200. The lowest BCUT2D eigenvalue weighted by molar-refractivity contribution is 0.0686. The quantitative estimate of drug-likeness (QED) is 0.509. The summed E-state index contributed by atoms with van der Waals surface area (Å²) in [5, 5.41) is 18.1. The van der Waals surface area contributed by atoms with Gasteiger partial charge >= 0.3 is 11.9 Å². The van der Waals surface area contributed by atoms with E-state index in [0.29, 0.717) is 23.3 Å². The largest absolute Gasteiger partial charge is 0.478 e. The van der Waals surface area contributed by atoms with E-state index in [0.717, 1.165) is 30.8 Å². The van der Waals surface area contributed by atoms with Crippen molar-refractivity contribution in [3.63, 3.8) is 0 Å². The molecule has 6 nitrogen and oxygen atoms in total. The van der Waals surface area contributed by atoms with Gasteiger partial charge in [0.15, 0.2) is 0 Å². The Labute approximate surface area is 178 Å². The van der Waals surface area contributed by atoms with Crippen LogP contribution >= 0.6 is 0 Å². The highest BCUT2D eigenvalue weighted by Crippen LogP contribution is 2.59. The summed E-state index contributed by atoms with van der Waals surface area (Å²) in [6.07, 6.45) is 3.30. The average Bonchev–Trinajstić information content (AvgIpc) is 3.39. The molecule has 3 aromatic carbocycles. The molecule has 2 bridgehead atoms. The zero-order valence-electron chi connectivity index (χ0n) is 16.6. The Hall–Kier alpha value is -3.80. The van der Waals surface area contributed by atoms with Crippen molar-refractivity contribution in [2.75, 3.05) is 0 Å². The van der Waals surface area contributed by atoms with Gasteiger partial charge in [-0.2, -0.15) is 0 Å². The minimum absolute atomic E-state index is 0.217. The topological polar surface area (TPSA) is 93.1 Å². The molecular formula is C25H20O6. The highest BCUT2D eigenvalue weighted by Gasteiger charge is 2.41. The van der Waals surface area contributed by atoms with Gasteiger partial charge in [0.25, 0.3) is 0 Å². The molecule has 2 unspecified atom stereocenters. The Morgan fingerprint density at radius 3 is 1.39 bits per heavy atom. The van der Waals surface area contributed by atoms with Crippen molar-refractivity contribution in [3.05, 3.63) is 82.9 Å². The molecule has 3 aromatic rings. The first-order valence-corrected chi connectivity index (χ1v) is 10.2. The number of hydrogen-bond acceptors (Lipinski definition) is 4. The van der Waals surface area contributed by atoms with Gasteiger partial charge in [-0.1, -0.05) is 0 Å². The van der Waals surface area contributed by atoms with Crippen LogP contribution in [0, 0.1) is 0 Å². The Bertz CT molecular complexity index is 1070. The monoisotopic (exact) mass is 416 g/mol. The first kappa shape index (κ1) is 19.2. The second-order valence-corrected chi connectivity index (χ2v) is 7.96. The van der Waals surface area contributed by atoms with E-state index in [2.05, 4.69) is 0 Å².